The minimum Gasteiger partial charge on any atom is -0.356 e. The molecule has 0 aromatic heterocycles. The molecule has 1 aromatic rings. The standard InChI is InChI=1S/C27H44N4O/c32-27(28-14-9-17-30-15-6-1-2-7-16-30)13-8-12-26-25-18-24(19-29-26)21-31(22-25)20-23-10-4-3-5-11-23/h3-5,10-11,24-26,29H,1-2,6-9,12-22H2,(H,28,32)/t24?,25?,26-/m1/s1. The van der Waals surface area contributed by atoms with Crippen molar-refractivity contribution in [3.05, 3.63) is 35.9 Å². The summed E-state index contributed by atoms with van der Waals surface area (Å²) in [6.45, 7) is 9.05. The summed E-state index contributed by atoms with van der Waals surface area (Å²) >= 11 is 0. The summed E-state index contributed by atoms with van der Waals surface area (Å²) in [6, 6.07) is 11.4. The van der Waals surface area contributed by atoms with Gasteiger partial charge in [-0.2, -0.15) is 0 Å². The van der Waals surface area contributed by atoms with Crippen LogP contribution in [0.25, 0.3) is 0 Å². The van der Waals surface area contributed by atoms with Gasteiger partial charge < -0.3 is 15.5 Å². The van der Waals surface area contributed by atoms with Crippen LogP contribution in [0.3, 0.4) is 0 Å². The summed E-state index contributed by atoms with van der Waals surface area (Å²) in [5.41, 5.74) is 1.42. The third-order valence-corrected chi connectivity index (χ3v) is 7.72. The lowest BCUT2D eigenvalue weighted by Crippen LogP contribution is -2.55. The minimum absolute atomic E-state index is 0.240. The molecule has 3 fully saturated rings. The quantitative estimate of drug-likeness (QED) is 0.545. The molecule has 0 radical (unpaired) electrons. The molecule has 3 saturated heterocycles. The molecular formula is C27H44N4O. The lowest BCUT2D eigenvalue weighted by molar-refractivity contribution is -0.121. The summed E-state index contributed by atoms with van der Waals surface area (Å²) in [4.78, 5) is 17.5. The van der Waals surface area contributed by atoms with Crippen molar-refractivity contribution in [3.63, 3.8) is 0 Å². The smallest absolute Gasteiger partial charge is 0.219 e. The average Bonchev–Trinajstić information content (AvgIpc) is 3.08. The van der Waals surface area contributed by atoms with Crippen LogP contribution in [0.15, 0.2) is 30.3 Å². The van der Waals surface area contributed by atoms with Crippen molar-refractivity contribution in [2.75, 3.05) is 45.8 Å². The molecule has 0 aliphatic carbocycles. The minimum atomic E-state index is 0.240. The maximum absolute atomic E-state index is 12.3. The third-order valence-electron chi connectivity index (χ3n) is 7.72. The summed E-state index contributed by atoms with van der Waals surface area (Å²) < 4.78 is 0. The van der Waals surface area contributed by atoms with Crippen molar-refractivity contribution in [2.24, 2.45) is 11.8 Å². The Morgan fingerprint density at radius 2 is 1.81 bits per heavy atom. The molecule has 5 nitrogen and oxygen atoms in total. The Labute approximate surface area is 195 Å². The van der Waals surface area contributed by atoms with Crippen LogP contribution >= 0.6 is 0 Å². The number of hydrogen-bond acceptors (Lipinski definition) is 4. The Bertz CT molecular complexity index is 673. The monoisotopic (exact) mass is 440 g/mol. The number of amides is 1. The van der Waals surface area contributed by atoms with Gasteiger partial charge in [-0.3, -0.25) is 9.69 Å². The Morgan fingerprint density at radius 1 is 1.00 bits per heavy atom. The van der Waals surface area contributed by atoms with Crippen molar-refractivity contribution < 1.29 is 4.79 Å². The zero-order chi connectivity index (χ0) is 22.0. The number of fused-ring (bicyclic) bond motifs is 2. The van der Waals surface area contributed by atoms with Gasteiger partial charge in [0.1, 0.15) is 0 Å². The molecule has 178 valence electrons. The Balaban J connectivity index is 1.10. The predicted molar refractivity (Wildman–Crippen MR) is 131 cm³/mol. The lowest BCUT2D eigenvalue weighted by Gasteiger charge is -2.46. The number of nitrogens with zero attached hydrogens (tertiary/aromatic N) is 2. The number of benzene rings is 1. The SMILES string of the molecule is O=C(CCC[C@H]1NCC2CC1CN(Cc1ccccc1)C2)NCCCN1CCCCCC1. The van der Waals surface area contributed by atoms with E-state index in [9.17, 15) is 4.79 Å². The lowest BCUT2D eigenvalue weighted by atomic mass is 9.79. The number of hydrogen-bond donors (Lipinski definition) is 2. The van der Waals surface area contributed by atoms with Crippen LogP contribution in [0.1, 0.15) is 63.4 Å². The first-order chi connectivity index (χ1) is 15.8. The van der Waals surface area contributed by atoms with Crippen molar-refractivity contribution in [1.29, 1.82) is 0 Å². The van der Waals surface area contributed by atoms with Crippen molar-refractivity contribution in [2.45, 2.75) is 70.4 Å². The summed E-state index contributed by atoms with van der Waals surface area (Å²) in [5.74, 6) is 1.74. The molecule has 2 N–H and O–H groups in total. The van der Waals surface area contributed by atoms with Crippen molar-refractivity contribution in [1.82, 2.24) is 20.4 Å². The van der Waals surface area contributed by atoms with Gasteiger partial charge in [0.25, 0.3) is 0 Å². The second-order valence-electron chi connectivity index (χ2n) is 10.4. The van der Waals surface area contributed by atoms with E-state index in [0.29, 0.717) is 12.5 Å². The van der Waals surface area contributed by atoms with Crippen molar-refractivity contribution in [3.8, 4) is 0 Å². The number of carbonyl (C=O) groups is 1. The van der Waals surface area contributed by atoms with E-state index in [0.717, 1.165) is 57.3 Å². The number of rotatable bonds is 10. The molecule has 1 amide bonds. The molecule has 32 heavy (non-hydrogen) atoms. The topological polar surface area (TPSA) is 47.6 Å². The Hall–Kier alpha value is -1.43. The molecule has 2 unspecified atom stereocenters. The first kappa shape index (κ1) is 23.7. The molecule has 0 spiro atoms. The fourth-order valence-electron chi connectivity index (χ4n) is 6.04. The molecule has 3 aliphatic rings. The van der Waals surface area contributed by atoms with E-state index in [4.69, 9.17) is 0 Å². The molecule has 3 heterocycles. The highest BCUT2D eigenvalue weighted by molar-refractivity contribution is 5.75. The van der Waals surface area contributed by atoms with Crippen LogP contribution in [0.4, 0.5) is 0 Å². The van der Waals surface area contributed by atoms with E-state index < -0.39 is 0 Å². The van der Waals surface area contributed by atoms with Gasteiger partial charge in [0.05, 0.1) is 0 Å². The van der Waals surface area contributed by atoms with Gasteiger partial charge in [-0.25, -0.2) is 0 Å². The fraction of sp³-hybridized carbons (Fsp3) is 0.741. The van der Waals surface area contributed by atoms with E-state index >= 15 is 0 Å². The fourth-order valence-corrected chi connectivity index (χ4v) is 6.04. The zero-order valence-corrected chi connectivity index (χ0v) is 19.9. The number of nitrogens with one attached hydrogen (secondary N) is 2. The Kier molecular flexibility index (Phi) is 9.42. The predicted octanol–water partition coefficient (Wildman–Crippen LogP) is 3.65. The van der Waals surface area contributed by atoms with Crippen LogP contribution in [0.5, 0.6) is 0 Å². The average molecular weight is 441 g/mol. The van der Waals surface area contributed by atoms with Gasteiger partial charge in [0.15, 0.2) is 0 Å². The zero-order valence-electron chi connectivity index (χ0n) is 19.9. The van der Waals surface area contributed by atoms with E-state index in [1.165, 1.54) is 63.8 Å². The van der Waals surface area contributed by atoms with Gasteiger partial charge in [-0.15, -0.1) is 0 Å². The maximum Gasteiger partial charge on any atom is 0.219 e. The van der Waals surface area contributed by atoms with E-state index in [-0.39, 0.29) is 5.91 Å². The van der Waals surface area contributed by atoms with Crippen LogP contribution in [-0.2, 0) is 11.3 Å². The van der Waals surface area contributed by atoms with E-state index in [2.05, 4.69) is 50.8 Å². The summed E-state index contributed by atoms with van der Waals surface area (Å²) in [6.07, 6.45) is 10.7. The molecule has 4 rings (SSSR count). The third kappa shape index (κ3) is 7.57. The molecule has 5 heteroatoms. The molecule has 1 aromatic carbocycles. The number of piperidine rings is 2. The largest absolute Gasteiger partial charge is 0.356 e. The molecule has 3 atom stereocenters. The highest BCUT2D eigenvalue weighted by Crippen LogP contribution is 2.31. The van der Waals surface area contributed by atoms with E-state index in [1.54, 1.807) is 0 Å². The molecular weight excluding hydrogens is 396 g/mol. The van der Waals surface area contributed by atoms with E-state index in [1.807, 2.05) is 0 Å². The van der Waals surface area contributed by atoms with Gasteiger partial charge in [-0.05, 0) is 82.1 Å². The van der Waals surface area contributed by atoms with Gasteiger partial charge in [-0.1, -0.05) is 43.2 Å². The first-order valence-corrected chi connectivity index (χ1v) is 13.2. The van der Waals surface area contributed by atoms with Crippen LogP contribution in [0.2, 0.25) is 0 Å². The number of carbonyl (C=O) groups excluding carboxylic acids is 1. The van der Waals surface area contributed by atoms with Crippen molar-refractivity contribution >= 4 is 5.91 Å². The van der Waals surface area contributed by atoms with Crippen LogP contribution < -0.4 is 10.6 Å². The Morgan fingerprint density at radius 3 is 2.62 bits per heavy atom. The molecule has 3 aliphatic heterocycles. The highest BCUT2D eigenvalue weighted by Gasteiger charge is 2.36. The normalized spacial score (nSPS) is 27.1. The summed E-state index contributed by atoms with van der Waals surface area (Å²) in [5, 5.41) is 6.97. The van der Waals surface area contributed by atoms with Gasteiger partial charge in [0, 0.05) is 38.6 Å². The summed E-state index contributed by atoms with van der Waals surface area (Å²) in [7, 11) is 0. The van der Waals surface area contributed by atoms with Crippen LogP contribution in [-0.4, -0.2) is 67.6 Å². The molecule has 0 saturated carbocycles. The highest BCUT2D eigenvalue weighted by atomic mass is 16.1. The van der Waals surface area contributed by atoms with Crippen LogP contribution in [0, 0.1) is 11.8 Å². The number of likely N-dealkylation sites (tertiary alicyclic amines) is 2. The maximum atomic E-state index is 12.3. The second kappa shape index (κ2) is 12.7. The first-order valence-electron chi connectivity index (χ1n) is 13.2. The molecule has 2 bridgehead atoms. The second-order valence-corrected chi connectivity index (χ2v) is 10.4. The van der Waals surface area contributed by atoms with Gasteiger partial charge in [0.2, 0.25) is 5.91 Å². The van der Waals surface area contributed by atoms with Gasteiger partial charge >= 0.3 is 0 Å².